The number of benzene rings is 1. The highest BCUT2D eigenvalue weighted by molar-refractivity contribution is 9.10. The van der Waals surface area contributed by atoms with Crippen molar-refractivity contribution in [3.05, 3.63) is 34.3 Å². The van der Waals surface area contributed by atoms with Gasteiger partial charge < -0.3 is 15.3 Å². The van der Waals surface area contributed by atoms with Crippen molar-refractivity contribution in [3.8, 4) is 0 Å². The number of hydrogen-bond donors (Lipinski definition) is 2. The maximum Gasteiger partial charge on any atom is 0.0558 e. The third kappa shape index (κ3) is 5.34. The first kappa shape index (κ1) is 16.9. The van der Waals surface area contributed by atoms with Crippen LogP contribution in [0.1, 0.15) is 18.0 Å². The lowest BCUT2D eigenvalue weighted by atomic mass is 10.0. The Balaban J connectivity index is 1.79. The van der Waals surface area contributed by atoms with Crippen molar-refractivity contribution in [2.75, 3.05) is 52.9 Å². The fourth-order valence-corrected chi connectivity index (χ4v) is 3.31. The predicted molar refractivity (Wildman–Crippen MR) is 90.5 cm³/mol. The summed E-state index contributed by atoms with van der Waals surface area (Å²) in [6.45, 7) is 6.55. The number of hydrogen-bond acceptors (Lipinski definition) is 4. The molecule has 0 aromatic heterocycles. The van der Waals surface area contributed by atoms with Crippen LogP contribution >= 0.6 is 15.9 Å². The molecule has 0 radical (unpaired) electrons. The molecule has 2 N–H and O–H groups in total. The van der Waals surface area contributed by atoms with Crippen LogP contribution in [0.2, 0.25) is 0 Å². The van der Waals surface area contributed by atoms with Crippen LogP contribution < -0.4 is 5.32 Å². The van der Waals surface area contributed by atoms with Gasteiger partial charge in [-0.15, -0.1) is 0 Å². The number of rotatable bonds is 7. The van der Waals surface area contributed by atoms with Crippen LogP contribution in [0.3, 0.4) is 0 Å². The molecule has 1 saturated heterocycles. The highest BCUT2D eigenvalue weighted by Gasteiger charge is 2.17. The Morgan fingerprint density at radius 1 is 1.19 bits per heavy atom. The zero-order valence-corrected chi connectivity index (χ0v) is 14.3. The standard InChI is InChI=1S/C16H26BrN3O/c1-18-16(14-3-2-4-15(17)13-14)5-6-19-7-9-20(10-8-19)11-12-21/h2-4,13,16,18,21H,5-12H2,1H3. The van der Waals surface area contributed by atoms with E-state index in [1.54, 1.807) is 0 Å². The summed E-state index contributed by atoms with van der Waals surface area (Å²) < 4.78 is 1.14. The van der Waals surface area contributed by atoms with Gasteiger partial charge in [0.25, 0.3) is 0 Å². The molecule has 1 aromatic rings. The van der Waals surface area contributed by atoms with Crippen LogP contribution in [0.4, 0.5) is 0 Å². The van der Waals surface area contributed by atoms with E-state index in [9.17, 15) is 0 Å². The number of β-amino-alcohol motifs (C(OH)–C–C–N with tert-alkyl or cyclic N) is 1. The van der Waals surface area contributed by atoms with Gasteiger partial charge in [0.15, 0.2) is 0 Å². The van der Waals surface area contributed by atoms with Gasteiger partial charge >= 0.3 is 0 Å². The van der Waals surface area contributed by atoms with E-state index in [0.29, 0.717) is 6.04 Å². The Morgan fingerprint density at radius 2 is 1.86 bits per heavy atom. The minimum absolute atomic E-state index is 0.269. The van der Waals surface area contributed by atoms with E-state index in [1.807, 2.05) is 7.05 Å². The number of halogens is 1. The molecule has 1 aliphatic heterocycles. The number of piperazine rings is 1. The lowest BCUT2D eigenvalue weighted by Crippen LogP contribution is -2.47. The molecule has 1 atom stereocenters. The minimum atomic E-state index is 0.269. The van der Waals surface area contributed by atoms with Crippen LogP contribution in [-0.4, -0.2) is 67.8 Å². The number of nitrogens with zero attached hydrogens (tertiary/aromatic N) is 2. The molecule has 0 spiro atoms. The van der Waals surface area contributed by atoms with Crippen LogP contribution in [0.5, 0.6) is 0 Å². The van der Waals surface area contributed by atoms with Gasteiger partial charge in [0, 0.05) is 49.8 Å². The molecule has 1 aromatic carbocycles. The zero-order chi connectivity index (χ0) is 15.1. The fourth-order valence-electron chi connectivity index (χ4n) is 2.89. The van der Waals surface area contributed by atoms with Gasteiger partial charge in [0.05, 0.1) is 6.61 Å². The van der Waals surface area contributed by atoms with Gasteiger partial charge in [0.1, 0.15) is 0 Å². The van der Waals surface area contributed by atoms with Gasteiger partial charge in [-0.2, -0.15) is 0 Å². The zero-order valence-electron chi connectivity index (χ0n) is 12.8. The number of nitrogens with one attached hydrogen (secondary N) is 1. The van der Waals surface area contributed by atoms with Crippen molar-refractivity contribution in [1.82, 2.24) is 15.1 Å². The Morgan fingerprint density at radius 3 is 2.43 bits per heavy atom. The maximum absolute atomic E-state index is 8.97. The second-order valence-corrected chi connectivity index (χ2v) is 6.51. The predicted octanol–water partition coefficient (Wildman–Crippen LogP) is 1.71. The van der Waals surface area contributed by atoms with E-state index in [1.165, 1.54) is 5.56 Å². The molecule has 4 nitrogen and oxygen atoms in total. The quantitative estimate of drug-likeness (QED) is 0.780. The molecule has 1 heterocycles. The van der Waals surface area contributed by atoms with Crippen molar-refractivity contribution >= 4 is 15.9 Å². The van der Waals surface area contributed by atoms with Crippen LogP contribution in [-0.2, 0) is 0 Å². The highest BCUT2D eigenvalue weighted by Crippen LogP contribution is 2.21. The van der Waals surface area contributed by atoms with Crippen molar-refractivity contribution in [3.63, 3.8) is 0 Å². The van der Waals surface area contributed by atoms with Crippen LogP contribution in [0, 0.1) is 0 Å². The third-order valence-electron chi connectivity index (χ3n) is 4.21. The summed E-state index contributed by atoms with van der Waals surface area (Å²) >= 11 is 3.54. The van der Waals surface area contributed by atoms with E-state index >= 15 is 0 Å². The Bertz CT molecular complexity index is 422. The van der Waals surface area contributed by atoms with Crippen molar-refractivity contribution in [2.24, 2.45) is 0 Å². The summed E-state index contributed by atoms with van der Waals surface area (Å²) in [5, 5.41) is 12.4. The van der Waals surface area contributed by atoms with Gasteiger partial charge in [-0.3, -0.25) is 4.90 Å². The second kappa shape index (κ2) is 8.86. The number of aliphatic hydroxyl groups is 1. The van der Waals surface area contributed by atoms with Gasteiger partial charge in [0.2, 0.25) is 0 Å². The van der Waals surface area contributed by atoms with Crippen LogP contribution in [0.25, 0.3) is 0 Å². The fraction of sp³-hybridized carbons (Fsp3) is 0.625. The lowest BCUT2D eigenvalue weighted by molar-refractivity contribution is 0.110. The van der Waals surface area contributed by atoms with Gasteiger partial charge in [-0.25, -0.2) is 0 Å². The van der Waals surface area contributed by atoms with E-state index in [2.05, 4.69) is 55.3 Å². The van der Waals surface area contributed by atoms with Crippen molar-refractivity contribution in [2.45, 2.75) is 12.5 Å². The molecule has 118 valence electrons. The summed E-state index contributed by atoms with van der Waals surface area (Å²) in [6, 6.07) is 8.94. The smallest absolute Gasteiger partial charge is 0.0558 e. The average Bonchev–Trinajstić information content (AvgIpc) is 2.50. The summed E-state index contributed by atoms with van der Waals surface area (Å²) in [5.74, 6) is 0. The molecule has 0 amide bonds. The maximum atomic E-state index is 8.97. The molecule has 0 saturated carbocycles. The molecular weight excluding hydrogens is 330 g/mol. The van der Waals surface area contributed by atoms with Gasteiger partial charge in [-0.1, -0.05) is 28.1 Å². The molecule has 1 unspecified atom stereocenters. The SMILES string of the molecule is CNC(CCN1CCN(CCO)CC1)c1cccc(Br)c1. The lowest BCUT2D eigenvalue weighted by Gasteiger charge is -2.35. The molecule has 1 aliphatic rings. The Kier molecular flexibility index (Phi) is 7.13. The molecule has 21 heavy (non-hydrogen) atoms. The van der Waals surface area contributed by atoms with Crippen LogP contribution in [0.15, 0.2) is 28.7 Å². The summed E-state index contributed by atoms with van der Waals surface area (Å²) in [4.78, 5) is 4.86. The Labute approximate surface area is 136 Å². The van der Waals surface area contributed by atoms with Crippen molar-refractivity contribution in [1.29, 1.82) is 0 Å². The van der Waals surface area contributed by atoms with Crippen molar-refractivity contribution < 1.29 is 5.11 Å². The van der Waals surface area contributed by atoms with E-state index in [4.69, 9.17) is 5.11 Å². The first-order valence-corrected chi connectivity index (χ1v) is 8.50. The Hall–Kier alpha value is -0.460. The first-order chi connectivity index (χ1) is 10.2. The number of aliphatic hydroxyl groups excluding tert-OH is 1. The molecule has 1 fully saturated rings. The van der Waals surface area contributed by atoms with Gasteiger partial charge in [-0.05, 0) is 31.2 Å². The monoisotopic (exact) mass is 355 g/mol. The largest absolute Gasteiger partial charge is 0.395 e. The minimum Gasteiger partial charge on any atom is -0.395 e. The molecule has 2 rings (SSSR count). The third-order valence-corrected chi connectivity index (χ3v) is 4.71. The summed E-state index contributed by atoms with van der Waals surface area (Å²) in [7, 11) is 2.03. The molecular formula is C16H26BrN3O. The van der Waals surface area contributed by atoms with E-state index in [0.717, 1.165) is 50.2 Å². The van der Waals surface area contributed by atoms with E-state index < -0.39 is 0 Å². The summed E-state index contributed by atoms with van der Waals surface area (Å²) in [5.41, 5.74) is 1.34. The highest BCUT2D eigenvalue weighted by atomic mass is 79.9. The molecule has 0 aliphatic carbocycles. The molecule has 5 heteroatoms. The second-order valence-electron chi connectivity index (χ2n) is 5.59. The first-order valence-electron chi connectivity index (χ1n) is 7.71. The average molecular weight is 356 g/mol. The molecule has 0 bridgehead atoms. The summed E-state index contributed by atoms with van der Waals surface area (Å²) in [6.07, 6.45) is 1.12. The van der Waals surface area contributed by atoms with E-state index in [-0.39, 0.29) is 6.61 Å². The topological polar surface area (TPSA) is 38.7 Å². The normalized spacial score (nSPS) is 18.8.